The number of likely N-dealkylation sites (N-methyl/N-ethyl adjacent to an activating group) is 1. The van der Waals surface area contributed by atoms with Gasteiger partial charge in [-0.3, -0.25) is 0 Å². The van der Waals surface area contributed by atoms with Gasteiger partial charge in [0.1, 0.15) is 11.9 Å². The van der Waals surface area contributed by atoms with Crippen LogP contribution in [0.5, 0.6) is 5.75 Å². The second-order valence-corrected chi connectivity index (χ2v) is 5.87. The smallest absolute Gasteiger partial charge is 0.123 e. The summed E-state index contributed by atoms with van der Waals surface area (Å²) in [7, 11) is 0. The van der Waals surface area contributed by atoms with E-state index in [-0.39, 0.29) is 11.5 Å². The van der Waals surface area contributed by atoms with E-state index in [9.17, 15) is 0 Å². The highest BCUT2D eigenvalue weighted by Crippen LogP contribution is 2.34. The fourth-order valence-corrected chi connectivity index (χ4v) is 2.61. The molecule has 0 bridgehead atoms. The van der Waals surface area contributed by atoms with Gasteiger partial charge in [-0.2, -0.15) is 0 Å². The van der Waals surface area contributed by atoms with Gasteiger partial charge in [-0.25, -0.2) is 0 Å². The normalized spacial score (nSPS) is 20.8. The molecule has 0 saturated carbocycles. The van der Waals surface area contributed by atoms with Gasteiger partial charge >= 0.3 is 0 Å². The monoisotopic (exact) mass is 233 g/mol. The van der Waals surface area contributed by atoms with E-state index in [1.165, 1.54) is 5.56 Å². The van der Waals surface area contributed by atoms with Gasteiger partial charge in [0.05, 0.1) is 0 Å². The molecule has 1 aromatic rings. The van der Waals surface area contributed by atoms with E-state index in [2.05, 4.69) is 51.2 Å². The van der Waals surface area contributed by atoms with Crippen molar-refractivity contribution in [2.75, 3.05) is 6.54 Å². The van der Waals surface area contributed by atoms with Crippen LogP contribution < -0.4 is 10.1 Å². The maximum atomic E-state index is 6.09. The van der Waals surface area contributed by atoms with Gasteiger partial charge in [0, 0.05) is 12.5 Å². The van der Waals surface area contributed by atoms with Crippen LogP contribution in [0.4, 0.5) is 0 Å². The molecule has 1 aliphatic rings. The summed E-state index contributed by atoms with van der Waals surface area (Å²) in [6.45, 7) is 9.95. The SMILES string of the molecule is CCNC(C1Cc2ccccc2O1)C(C)(C)C. The van der Waals surface area contributed by atoms with Gasteiger partial charge < -0.3 is 10.1 Å². The number of fused-ring (bicyclic) bond motifs is 1. The number of rotatable bonds is 3. The molecule has 2 heteroatoms. The van der Waals surface area contributed by atoms with Gasteiger partial charge in [0.2, 0.25) is 0 Å². The lowest BCUT2D eigenvalue weighted by atomic mass is 9.82. The average Bonchev–Trinajstić information content (AvgIpc) is 2.67. The fraction of sp³-hybridized carbons (Fsp3) is 0.600. The number of benzene rings is 1. The van der Waals surface area contributed by atoms with Crippen molar-refractivity contribution in [2.24, 2.45) is 5.41 Å². The summed E-state index contributed by atoms with van der Waals surface area (Å²) in [6, 6.07) is 8.76. The van der Waals surface area contributed by atoms with Gasteiger partial charge in [-0.05, 0) is 23.6 Å². The van der Waals surface area contributed by atoms with Crippen molar-refractivity contribution in [1.29, 1.82) is 0 Å². The lowest BCUT2D eigenvalue weighted by Gasteiger charge is -2.35. The summed E-state index contributed by atoms with van der Waals surface area (Å²) >= 11 is 0. The molecule has 1 N–H and O–H groups in total. The van der Waals surface area contributed by atoms with E-state index >= 15 is 0 Å². The molecule has 2 unspecified atom stereocenters. The van der Waals surface area contributed by atoms with Gasteiger partial charge in [-0.1, -0.05) is 45.9 Å². The van der Waals surface area contributed by atoms with E-state index in [1.807, 2.05) is 6.07 Å². The molecule has 1 aliphatic heterocycles. The molecule has 17 heavy (non-hydrogen) atoms. The van der Waals surface area contributed by atoms with Gasteiger partial charge in [-0.15, -0.1) is 0 Å². The van der Waals surface area contributed by atoms with Crippen LogP contribution in [0.25, 0.3) is 0 Å². The summed E-state index contributed by atoms with van der Waals surface area (Å²) in [5.74, 6) is 1.06. The van der Waals surface area contributed by atoms with Crippen LogP contribution in [0.2, 0.25) is 0 Å². The predicted octanol–water partition coefficient (Wildman–Crippen LogP) is 3.01. The molecule has 2 nitrogen and oxygen atoms in total. The largest absolute Gasteiger partial charge is 0.488 e. The zero-order chi connectivity index (χ0) is 12.5. The third kappa shape index (κ3) is 2.63. The minimum atomic E-state index is 0.211. The van der Waals surface area contributed by atoms with Crippen molar-refractivity contribution >= 4 is 0 Å². The van der Waals surface area contributed by atoms with Crippen molar-refractivity contribution in [1.82, 2.24) is 5.32 Å². The van der Waals surface area contributed by atoms with E-state index in [0.29, 0.717) is 6.04 Å². The van der Waals surface area contributed by atoms with Crippen molar-refractivity contribution in [3.05, 3.63) is 29.8 Å². The van der Waals surface area contributed by atoms with Crippen molar-refractivity contribution in [3.8, 4) is 5.75 Å². The number of para-hydroxylation sites is 1. The van der Waals surface area contributed by atoms with Crippen LogP contribution in [-0.2, 0) is 6.42 Å². The third-order valence-corrected chi connectivity index (χ3v) is 3.40. The summed E-state index contributed by atoms with van der Waals surface area (Å²) in [4.78, 5) is 0. The Hall–Kier alpha value is -1.02. The highest BCUT2D eigenvalue weighted by Gasteiger charge is 2.36. The summed E-state index contributed by atoms with van der Waals surface area (Å²) in [6.07, 6.45) is 1.28. The second-order valence-electron chi connectivity index (χ2n) is 5.87. The Labute approximate surface area is 104 Å². The number of ether oxygens (including phenoxy) is 1. The lowest BCUT2D eigenvalue weighted by Crippen LogP contribution is -2.50. The van der Waals surface area contributed by atoms with Crippen molar-refractivity contribution in [3.63, 3.8) is 0 Å². The Balaban J connectivity index is 2.14. The molecule has 0 saturated heterocycles. The van der Waals surface area contributed by atoms with Crippen LogP contribution in [0.3, 0.4) is 0 Å². The fourth-order valence-electron chi connectivity index (χ4n) is 2.61. The minimum Gasteiger partial charge on any atom is -0.488 e. The molecule has 94 valence electrons. The number of hydrogen-bond acceptors (Lipinski definition) is 2. The van der Waals surface area contributed by atoms with Crippen LogP contribution in [0.1, 0.15) is 33.3 Å². The summed E-state index contributed by atoms with van der Waals surface area (Å²) in [5.41, 5.74) is 1.55. The van der Waals surface area contributed by atoms with Gasteiger partial charge in [0.25, 0.3) is 0 Å². The lowest BCUT2D eigenvalue weighted by molar-refractivity contribution is 0.109. The highest BCUT2D eigenvalue weighted by molar-refractivity contribution is 5.37. The molecule has 0 spiro atoms. The Morgan fingerprint density at radius 1 is 1.35 bits per heavy atom. The zero-order valence-electron chi connectivity index (χ0n) is 11.3. The maximum Gasteiger partial charge on any atom is 0.123 e. The summed E-state index contributed by atoms with van der Waals surface area (Å²) < 4.78 is 6.09. The Bertz CT molecular complexity index is 356. The molecule has 0 fully saturated rings. The van der Waals surface area contributed by atoms with Gasteiger partial charge in [0.15, 0.2) is 0 Å². The molecule has 0 aromatic heterocycles. The summed E-state index contributed by atoms with van der Waals surface area (Å²) in [5, 5.41) is 3.57. The first-order valence-corrected chi connectivity index (χ1v) is 6.50. The second kappa shape index (κ2) is 4.69. The minimum absolute atomic E-state index is 0.211. The zero-order valence-corrected chi connectivity index (χ0v) is 11.3. The topological polar surface area (TPSA) is 21.3 Å². The number of nitrogens with one attached hydrogen (secondary N) is 1. The van der Waals surface area contributed by atoms with Crippen LogP contribution in [-0.4, -0.2) is 18.7 Å². The first-order chi connectivity index (χ1) is 8.02. The Morgan fingerprint density at radius 2 is 2.06 bits per heavy atom. The van der Waals surface area contributed by atoms with Crippen LogP contribution in [0.15, 0.2) is 24.3 Å². The molecular formula is C15H23NO. The quantitative estimate of drug-likeness (QED) is 0.866. The standard InChI is InChI=1S/C15H23NO/c1-5-16-14(15(2,3)4)13-10-11-8-6-7-9-12(11)17-13/h6-9,13-14,16H,5,10H2,1-4H3. The molecular weight excluding hydrogens is 210 g/mol. The van der Waals surface area contributed by atoms with Crippen molar-refractivity contribution < 1.29 is 4.74 Å². The molecule has 0 aliphatic carbocycles. The Kier molecular flexibility index (Phi) is 3.43. The predicted molar refractivity (Wildman–Crippen MR) is 71.5 cm³/mol. The van der Waals surface area contributed by atoms with E-state index in [1.54, 1.807) is 0 Å². The van der Waals surface area contributed by atoms with Crippen LogP contribution >= 0.6 is 0 Å². The van der Waals surface area contributed by atoms with E-state index in [4.69, 9.17) is 4.74 Å². The maximum absolute atomic E-state index is 6.09. The molecule has 2 rings (SSSR count). The molecule has 1 heterocycles. The number of hydrogen-bond donors (Lipinski definition) is 1. The van der Waals surface area contributed by atoms with Crippen molar-refractivity contribution in [2.45, 2.75) is 46.3 Å². The molecule has 2 atom stereocenters. The van der Waals surface area contributed by atoms with E-state index in [0.717, 1.165) is 18.7 Å². The Morgan fingerprint density at radius 3 is 2.65 bits per heavy atom. The third-order valence-electron chi connectivity index (χ3n) is 3.40. The molecule has 1 aromatic carbocycles. The molecule has 0 amide bonds. The first kappa shape index (κ1) is 12.4. The average molecular weight is 233 g/mol. The molecule has 0 radical (unpaired) electrons. The van der Waals surface area contributed by atoms with Crippen LogP contribution in [0, 0.1) is 5.41 Å². The highest BCUT2D eigenvalue weighted by atomic mass is 16.5. The first-order valence-electron chi connectivity index (χ1n) is 6.50. The van der Waals surface area contributed by atoms with E-state index < -0.39 is 0 Å².